The number of amides is 2. The monoisotopic (exact) mass is 785 g/mol. The minimum atomic E-state index is -2.54. The van der Waals surface area contributed by atoms with Gasteiger partial charge >= 0.3 is 0 Å². The molecule has 7 rings (SSSR count). The molecule has 3 aromatic carbocycles. The van der Waals surface area contributed by atoms with Crippen molar-refractivity contribution in [2.24, 2.45) is 0 Å². The molecule has 1 aromatic heterocycles. The molecule has 1 atom stereocenters. The smallest absolute Gasteiger partial charge is 0.249 e. The maximum atomic E-state index is 12.9. The third kappa shape index (κ3) is 9.41. The summed E-state index contributed by atoms with van der Waals surface area (Å²) in [6.07, 6.45) is 4.63. The lowest BCUT2D eigenvalue weighted by Gasteiger charge is -2.43. The highest BCUT2D eigenvalue weighted by molar-refractivity contribution is 7.70. The van der Waals surface area contributed by atoms with Crippen molar-refractivity contribution in [2.75, 3.05) is 80.6 Å². The number of rotatable bonds is 12. The molecule has 290 valence electrons. The van der Waals surface area contributed by atoms with Crippen LogP contribution in [0, 0.1) is 0 Å². The van der Waals surface area contributed by atoms with Crippen LogP contribution in [0.4, 0.5) is 34.5 Å². The molecule has 4 heterocycles. The van der Waals surface area contributed by atoms with Crippen LogP contribution in [0.2, 0.25) is 5.02 Å². The largest absolute Gasteiger partial charge is 0.494 e. The Morgan fingerprint density at radius 1 is 0.891 bits per heavy atom. The minimum absolute atomic E-state index is 0.204. The number of methoxy groups -OCH3 is 1. The summed E-state index contributed by atoms with van der Waals surface area (Å²) in [5.74, 6) is 0.976. The number of anilines is 6. The van der Waals surface area contributed by atoms with Gasteiger partial charge in [-0.15, -0.1) is 0 Å². The number of para-hydroxylation sites is 2. The number of halogens is 1. The van der Waals surface area contributed by atoms with Crippen LogP contribution < -0.4 is 36.2 Å². The number of hydrogen-bond donors (Lipinski definition) is 4. The first-order valence-electron chi connectivity index (χ1n) is 18.8. The highest BCUT2D eigenvalue weighted by Crippen LogP contribution is 2.39. The molecular weight excluding hydrogens is 737 g/mol. The van der Waals surface area contributed by atoms with E-state index in [1.165, 1.54) is 11.8 Å². The van der Waals surface area contributed by atoms with Crippen LogP contribution in [0.3, 0.4) is 0 Å². The van der Waals surface area contributed by atoms with Gasteiger partial charge in [0.1, 0.15) is 24.0 Å². The molecule has 1 unspecified atom stereocenters. The Hall–Kier alpha value is -4.68. The zero-order chi connectivity index (χ0) is 38.5. The van der Waals surface area contributed by atoms with Gasteiger partial charge < -0.3 is 30.2 Å². The normalized spacial score (nSPS) is 18.8. The molecule has 0 bridgehead atoms. The summed E-state index contributed by atoms with van der Waals surface area (Å²) in [4.78, 5) is 40.5. The van der Waals surface area contributed by atoms with Crippen LogP contribution in [-0.4, -0.2) is 103 Å². The molecule has 2 amide bonds. The first kappa shape index (κ1) is 38.6. The summed E-state index contributed by atoms with van der Waals surface area (Å²) in [5.41, 5.74) is 4.64. The van der Waals surface area contributed by atoms with Crippen LogP contribution in [-0.2, 0) is 20.7 Å². The number of carbonyl (C=O) groups is 2. The molecular formula is C40H49ClN9O4P. The third-order valence-electron chi connectivity index (χ3n) is 10.6. The van der Waals surface area contributed by atoms with Crippen molar-refractivity contribution in [3.8, 4) is 5.75 Å². The van der Waals surface area contributed by atoms with Crippen molar-refractivity contribution in [2.45, 2.75) is 44.3 Å². The Labute approximate surface area is 327 Å². The fraction of sp³-hybridized carbons (Fsp3) is 0.400. The lowest BCUT2D eigenvalue weighted by molar-refractivity contribution is -0.133. The lowest BCUT2D eigenvalue weighted by atomic mass is 10.0. The Kier molecular flexibility index (Phi) is 11.9. The average Bonchev–Trinajstić information content (AvgIpc) is 3.18. The summed E-state index contributed by atoms with van der Waals surface area (Å²) < 4.78 is 18.7. The standard InChI is InChI=1S/C40H49ClN9O4P/c1-54-35-24-29(12-13-32(35)45-40-42-25-30(41)38(47-40)44-33-10-6-7-11-36(33)55(2,3)53)50-22-20-49(21-23-50)28-16-18-48(19-17-28)26-27-8-4-5-9-31(27)43-34-14-15-37(51)46-39(34)52/h4-13,24-25,28,34,43H,14-23,26H2,1-3H3,(H,46,51,52)(H2,42,44,45,47). The summed E-state index contributed by atoms with van der Waals surface area (Å²) in [6, 6.07) is 21.9. The van der Waals surface area contributed by atoms with Crippen LogP contribution in [0.25, 0.3) is 0 Å². The molecule has 3 saturated heterocycles. The first-order chi connectivity index (χ1) is 26.5. The van der Waals surface area contributed by atoms with E-state index >= 15 is 0 Å². The molecule has 4 aromatic rings. The molecule has 3 aliphatic rings. The molecule has 15 heteroatoms. The van der Waals surface area contributed by atoms with E-state index in [1.807, 2.05) is 48.5 Å². The highest BCUT2D eigenvalue weighted by atomic mass is 35.5. The predicted molar refractivity (Wildman–Crippen MR) is 220 cm³/mol. The Morgan fingerprint density at radius 2 is 1.62 bits per heavy atom. The van der Waals surface area contributed by atoms with E-state index in [0.29, 0.717) is 47.1 Å². The predicted octanol–water partition coefficient (Wildman–Crippen LogP) is 5.88. The van der Waals surface area contributed by atoms with Crippen molar-refractivity contribution in [3.05, 3.63) is 83.5 Å². The number of imide groups is 1. The fourth-order valence-electron chi connectivity index (χ4n) is 7.64. The number of aromatic nitrogens is 2. The van der Waals surface area contributed by atoms with Crippen molar-refractivity contribution >= 4 is 70.4 Å². The van der Waals surface area contributed by atoms with Gasteiger partial charge in [-0.3, -0.25) is 24.7 Å². The Morgan fingerprint density at radius 3 is 2.35 bits per heavy atom. The topological polar surface area (TPSA) is 144 Å². The van der Waals surface area contributed by atoms with Gasteiger partial charge in [-0.05, 0) is 81.6 Å². The first-order valence-corrected chi connectivity index (χ1v) is 21.8. The Bertz CT molecular complexity index is 2060. The molecule has 13 nitrogen and oxygen atoms in total. The molecule has 3 fully saturated rings. The van der Waals surface area contributed by atoms with Gasteiger partial charge in [0.05, 0.1) is 24.7 Å². The molecule has 0 saturated carbocycles. The Balaban J connectivity index is 0.915. The fourth-order valence-corrected chi connectivity index (χ4v) is 8.93. The maximum absolute atomic E-state index is 12.9. The van der Waals surface area contributed by atoms with Gasteiger partial charge in [-0.25, -0.2) is 4.98 Å². The molecule has 0 aliphatic carbocycles. The van der Waals surface area contributed by atoms with Crippen LogP contribution in [0.15, 0.2) is 72.9 Å². The van der Waals surface area contributed by atoms with Crippen LogP contribution >= 0.6 is 18.7 Å². The van der Waals surface area contributed by atoms with Gasteiger partial charge in [0.25, 0.3) is 0 Å². The molecule has 4 N–H and O–H groups in total. The van der Waals surface area contributed by atoms with E-state index in [4.69, 9.17) is 16.3 Å². The quantitative estimate of drug-likeness (QED) is 0.101. The number of ether oxygens (including phenoxy) is 1. The summed E-state index contributed by atoms with van der Waals surface area (Å²) in [6.45, 7) is 10.2. The highest BCUT2D eigenvalue weighted by Gasteiger charge is 2.30. The number of hydrogen-bond acceptors (Lipinski definition) is 12. The van der Waals surface area contributed by atoms with Crippen LogP contribution in [0.5, 0.6) is 5.75 Å². The van der Waals surface area contributed by atoms with Crippen molar-refractivity contribution < 1.29 is 18.9 Å². The average molecular weight is 786 g/mol. The van der Waals surface area contributed by atoms with E-state index in [-0.39, 0.29) is 11.8 Å². The number of piperazine rings is 1. The van der Waals surface area contributed by atoms with Gasteiger partial charge in [0, 0.05) is 67.9 Å². The summed E-state index contributed by atoms with van der Waals surface area (Å²) in [5, 5.41) is 13.4. The second kappa shape index (κ2) is 17.0. The number of piperidine rings is 2. The van der Waals surface area contributed by atoms with Gasteiger partial charge in [-0.2, -0.15) is 4.98 Å². The van der Waals surface area contributed by atoms with Gasteiger partial charge in [0.2, 0.25) is 17.8 Å². The number of nitrogens with zero attached hydrogens (tertiary/aromatic N) is 5. The third-order valence-corrected chi connectivity index (χ3v) is 12.5. The second-order valence-electron chi connectivity index (χ2n) is 14.7. The molecule has 0 spiro atoms. The van der Waals surface area contributed by atoms with E-state index < -0.39 is 13.2 Å². The van der Waals surface area contributed by atoms with Crippen LogP contribution in [0.1, 0.15) is 31.2 Å². The van der Waals surface area contributed by atoms with Crippen molar-refractivity contribution in [3.63, 3.8) is 0 Å². The van der Waals surface area contributed by atoms with E-state index in [1.54, 1.807) is 20.4 Å². The zero-order valence-electron chi connectivity index (χ0n) is 31.6. The van der Waals surface area contributed by atoms with Gasteiger partial charge in [-0.1, -0.05) is 41.9 Å². The zero-order valence-corrected chi connectivity index (χ0v) is 33.2. The number of benzene rings is 3. The van der Waals surface area contributed by atoms with Crippen molar-refractivity contribution in [1.82, 2.24) is 25.1 Å². The lowest BCUT2D eigenvalue weighted by Crippen LogP contribution is -2.53. The molecule has 55 heavy (non-hydrogen) atoms. The summed E-state index contributed by atoms with van der Waals surface area (Å²) in [7, 11) is -0.886. The second-order valence-corrected chi connectivity index (χ2v) is 18.3. The van der Waals surface area contributed by atoms with Gasteiger partial charge in [0.15, 0.2) is 5.82 Å². The van der Waals surface area contributed by atoms with Crippen molar-refractivity contribution in [1.29, 1.82) is 0 Å². The number of nitrogens with one attached hydrogen (secondary N) is 4. The summed E-state index contributed by atoms with van der Waals surface area (Å²) >= 11 is 6.48. The van der Waals surface area contributed by atoms with E-state index in [2.05, 4.69) is 64.1 Å². The molecule has 3 aliphatic heterocycles. The maximum Gasteiger partial charge on any atom is 0.249 e. The van der Waals surface area contributed by atoms with E-state index in [0.717, 1.165) is 81.0 Å². The molecule has 0 radical (unpaired) electrons. The van der Waals surface area contributed by atoms with E-state index in [9.17, 15) is 14.2 Å². The number of likely N-dealkylation sites (tertiary alicyclic amines) is 1. The SMILES string of the molecule is COc1cc(N2CCN(C3CCN(Cc4ccccc4NC4CCC(=O)NC4=O)CC3)CC2)ccc1Nc1ncc(Cl)c(Nc2ccccc2P(C)(C)=O)n1. The number of carbonyl (C=O) groups excluding carboxylic acids is 2. The minimum Gasteiger partial charge on any atom is -0.494 e.